The van der Waals surface area contributed by atoms with Gasteiger partial charge < -0.3 is 29.5 Å². The number of aromatic amines is 4. The molecule has 2 amide bonds. The molecule has 26 nitrogen and oxygen atoms in total. The van der Waals surface area contributed by atoms with E-state index in [1.807, 2.05) is 20.3 Å². The second-order valence-corrected chi connectivity index (χ2v) is 16.9. The van der Waals surface area contributed by atoms with Crippen LogP contribution in [0.25, 0.3) is 10.5 Å². The van der Waals surface area contributed by atoms with E-state index in [1.165, 1.54) is 37.3 Å². The van der Waals surface area contributed by atoms with Gasteiger partial charge >= 0.3 is 17.6 Å². The number of imide groups is 1. The van der Waals surface area contributed by atoms with Crippen LogP contribution in [-0.2, 0) is 9.53 Å². The third-order valence-electron chi connectivity index (χ3n) is 8.98. The summed E-state index contributed by atoms with van der Waals surface area (Å²) in [6, 6.07) is 10.7. The lowest BCUT2D eigenvalue weighted by molar-refractivity contribution is -0.114. The van der Waals surface area contributed by atoms with E-state index < -0.39 is 105 Å². The number of nitrogens with zero attached hydrogens (tertiary/aromatic N) is 8. The van der Waals surface area contributed by atoms with E-state index >= 15 is 0 Å². The minimum Gasteiger partial charge on any atom is -0.450 e. The van der Waals surface area contributed by atoms with Crippen LogP contribution in [0.3, 0.4) is 0 Å². The minimum absolute atomic E-state index is 0.00913. The number of halogens is 12. The second-order valence-electron chi connectivity index (χ2n) is 14.5. The van der Waals surface area contributed by atoms with Crippen LogP contribution >= 0.6 is 69.6 Å². The molecule has 38 heteroatoms. The largest absolute Gasteiger partial charge is 0.450 e. The highest BCUT2D eigenvalue weighted by atomic mass is 35.5. The van der Waals surface area contributed by atoms with E-state index in [1.54, 1.807) is 5.32 Å². The summed E-state index contributed by atoms with van der Waals surface area (Å²) in [5.74, 6) is -4.10. The van der Waals surface area contributed by atoms with Crippen molar-refractivity contribution < 1.29 is 54.9 Å². The number of aromatic nitrogens is 9. The third kappa shape index (κ3) is 16.7. The summed E-state index contributed by atoms with van der Waals surface area (Å²) in [5.41, 5.74) is 0.787. The van der Waals surface area contributed by atoms with Crippen LogP contribution in [-0.4, -0.2) is 69.7 Å². The van der Waals surface area contributed by atoms with Crippen LogP contribution in [0.5, 0.6) is 34.9 Å². The van der Waals surface area contributed by atoms with Crippen LogP contribution in [0.4, 0.5) is 48.3 Å². The van der Waals surface area contributed by atoms with E-state index in [9.17, 15) is 59.9 Å². The summed E-state index contributed by atoms with van der Waals surface area (Å²) in [5, 5.41) is 33.3. The van der Waals surface area contributed by atoms with E-state index in [-0.39, 0.29) is 71.1 Å². The van der Waals surface area contributed by atoms with Crippen molar-refractivity contribution >= 4 is 105 Å². The number of alkyl halides is 6. The molecule has 81 heavy (non-hydrogen) atoms. The maximum absolute atomic E-state index is 13.1. The maximum atomic E-state index is 13.1. The van der Waals surface area contributed by atoms with Gasteiger partial charge in [0.05, 0.1) is 64.8 Å². The first-order valence-corrected chi connectivity index (χ1v) is 23.2. The fourth-order valence-electron chi connectivity index (χ4n) is 5.59. The minimum atomic E-state index is -3.06. The molecule has 8 N–H and O–H groups in total. The van der Waals surface area contributed by atoms with Crippen LogP contribution in [0.1, 0.15) is 42.9 Å². The van der Waals surface area contributed by atoms with Crippen molar-refractivity contribution in [3.63, 3.8) is 0 Å². The molecule has 0 unspecified atom stereocenters. The number of hydrazone groups is 1. The van der Waals surface area contributed by atoms with E-state index in [0.29, 0.717) is 22.9 Å². The average molecular weight is 1250 g/mol. The molecule has 0 bridgehead atoms. The molecule has 0 atom stereocenters. The topological polar surface area (TPSA) is 367 Å². The number of nitrogens with one attached hydrogen (secondary N) is 6. The zero-order chi connectivity index (χ0) is 60.0. The fraction of sp³-hybridized carbons (Fsp3) is 0.116. The number of rotatable bonds is 14. The van der Waals surface area contributed by atoms with Gasteiger partial charge in [-0.1, -0.05) is 76.2 Å². The zero-order valence-corrected chi connectivity index (χ0v) is 43.9. The van der Waals surface area contributed by atoms with E-state index in [2.05, 4.69) is 40.5 Å². The van der Waals surface area contributed by atoms with Gasteiger partial charge in [0, 0.05) is 23.9 Å². The number of anilines is 2. The molecule has 0 aliphatic heterocycles. The van der Waals surface area contributed by atoms with Crippen molar-refractivity contribution in [3.8, 4) is 46.6 Å². The van der Waals surface area contributed by atoms with Crippen molar-refractivity contribution in [1.82, 2.24) is 50.7 Å². The van der Waals surface area contributed by atoms with Crippen molar-refractivity contribution in [2.75, 3.05) is 17.8 Å². The Morgan fingerprint density at radius 3 is 1.47 bits per heavy atom. The fourth-order valence-corrected chi connectivity index (χ4v) is 7.29. The number of nitrogens with two attached hydrogens (primary N) is 1. The number of nitriles is 1. The highest BCUT2D eigenvalue weighted by Gasteiger charge is 2.24. The molecule has 0 spiro atoms. The van der Waals surface area contributed by atoms with Gasteiger partial charge in [-0.2, -0.15) is 10.4 Å². The summed E-state index contributed by atoms with van der Waals surface area (Å²) in [4.78, 5) is 84.7. The number of alkyl carbamates (subject to hydrolysis) is 1. The summed E-state index contributed by atoms with van der Waals surface area (Å²) in [7, 11) is 0. The van der Waals surface area contributed by atoms with E-state index in [4.69, 9.17) is 101 Å². The lowest BCUT2D eigenvalue weighted by atomic mass is 10.3. The lowest BCUT2D eigenvalue weighted by Crippen LogP contribution is -2.36. The molecule has 0 aliphatic rings. The smallest absolute Gasteiger partial charge is 0.414 e. The molecular formula is C43H25Cl6F6N15O11. The van der Waals surface area contributed by atoms with Gasteiger partial charge in [0.1, 0.15) is 6.07 Å². The number of hydrogen-bond acceptors (Lipinski definition) is 19. The first-order valence-electron chi connectivity index (χ1n) is 21.0. The molecule has 3 aromatic carbocycles. The molecule has 0 fully saturated rings. The Balaban J connectivity index is 0.000000229. The zero-order valence-electron chi connectivity index (χ0n) is 39.3. The first-order chi connectivity index (χ1) is 38.2. The maximum Gasteiger partial charge on any atom is 0.414 e. The summed E-state index contributed by atoms with van der Waals surface area (Å²) >= 11 is 36.1. The Labute approximate surface area is 473 Å². The monoisotopic (exact) mass is 1250 g/mol. The van der Waals surface area contributed by atoms with Gasteiger partial charge in [0.25, 0.3) is 47.4 Å². The van der Waals surface area contributed by atoms with Crippen molar-refractivity contribution in [2.45, 2.75) is 26.2 Å². The molecule has 7 aromatic rings. The molecule has 0 radical (unpaired) electrons. The molecule has 0 saturated heterocycles. The highest BCUT2D eigenvalue weighted by Crippen LogP contribution is 2.42. The number of H-pyrrole nitrogens is 4. The normalized spacial score (nSPS) is 10.9. The molecule has 4 aromatic heterocycles. The van der Waals surface area contributed by atoms with Gasteiger partial charge in [0.15, 0.2) is 17.2 Å². The van der Waals surface area contributed by atoms with Gasteiger partial charge in [-0.3, -0.25) is 39.7 Å². The number of hydrogen-bond donors (Lipinski definition) is 7. The Morgan fingerprint density at radius 2 is 1.10 bits per heavy atom. The molecule has 0 saturated carbocycles. The Morgan fingerprint density at radius 1 is 0.704 bits per heavy atom. The standard InChI is InChI=1S/C17H12Cl2F2N6O5.C15H6Cl2F2N6O4.C11H7Cl2F2N3O2/c1-2-31-17(30)23-15(29)11(6-22)25-24-7-3-9(18)13(10(19)4-7)32-16-8(14(20)21)5-12(28)26-27-16;1-20-12-13(27)21-15(28)25(24-12)5-2-7(16)10(8(17)3-5)29-14-6(11(18)19)4-9(26)22-23-14;12-6-1-4(16)2-7(13)9(6)20-11-5(10(14)15)3-8(19)17-18-11/h3-5,14,24H,2H2,1H3,(H,26,28)(H,23,29,30);2-4,11H,(H,22,26)(H,21,27,28);1-3,10H,16H2,(H,17,19)/b25-11+;;. The SMILES string of the molecule is CCOC(=O)NC(=O)/C(C#N)=N/Nc1cc(Cl)c(Oc2n[nH]c(=O)cc2C(F)F)c(Cl)c1.Nc1cc(Cl)c(Oc2n[nH]c(=O)cc2C(F)F)c(Cl)c1.[C-]#[N+]c1nn(-c2cc(Cl)c(Oc3n[nH]c(=O)cc3C(F)F)c(Cl)c2)c(=O)[nH]c1=O. The van der Waals surface area contributed by atoms with Gasteiger partial charge in [-0.25, -0.2) is 51.2 Å². The number of ether oxygens (including phenoxy) is 4. The summed E-state index contributed by atoms with van der Waals surface area (Å²) in [6.45, 7) is 8.42. The third-order valence-corrected chi connectivity index (χ3v) is 10.7. The predicted octanol–water partition coefficient (Wildman–Crippen LogP) is 9.35. The number of carbonyl (C=O) groups excluding carboxylic acids is 2. The van der Waals surface area contributed by atoms with E-state index in [0.717, 1.165) is 12.1 Å². The lowest BCUT2D eigenvalue weighted by Gasteiger charge is -2.12. The Kier molecular flexibility index (Phi) is 21.7. The predicted molar refractivity (Wildman–Crippen MR) is 276 cm³/mol. The first kappa shape index (κ1) is 62.7. The second kappa shape index (κ2) is 28.1. The number of carbonyl (C=O) groups is 2. The van der Waals surface area contributed by atoms with Crippen LogP contribution in [0.15, 0.2) is 83.7 Å². The summed E-state index contributed by atoms with van der Waals surface area (Å²) < 4.78 is 98.9. The van der Waals surface area contributed by atoms with Crippen molar-refractivity contribution in [3.05, 3.63) is 165 Å². The Hall–Kier alpha value is -9.18. The number of nitrogen functional groups attached to an aromatic ring is 1. The molecular weight excluding hydrogens is 1230 g/mol. The van der Waals surface area contributed by atoms with Crippen molar-refractivity contribution in [2.24, 2.45) is 5.10 Å². The highest BCUT2D eigenvalue weighted by molar-refractivity contribution is 6.47. The van der Waals surface area contributed by atoms with Gasteiger partial charge in [-0.15, -0.1) is 20.0 Å². The molecule has 422 valence electrons. The number of amides is 2. The molecule has 4 heterocycles. The molecule has 7 rings (SSSR count). The van der Waals surface area contributed by atoms with Gasteiger partial charge in [0.2, 0.25) is 23.4 Å². The van der Waals surface area contributed by atoms with Crippen molar-refractivity contribution in [1.29, 1.82) is 5.26 Å². The van der Waals surface area contributed by atoms with Crippen LogP contribution in [0.2, 0.25) is 30.1 Å². The quantitative estimate of drug-likeness (QED) is 0.0175. The number of benzene rings is 3. The van der Waals surface area contributed by atoms with Crippen LogP contribution in [0, 0.1) is 17.9 Å². The van der Waals surface area contributed by atoms with Crippen LogP contribution < -0.4 is 58.6 Å². The molecule has 0 aliphatic carbocycles. The Bertz CT molecular complexity index is 3920. The summed E-state index contributed by atoms with van der Waals surface area (Å²) in [6.07, 6.45) is -10.1. The van der Waals surface area contributed by atoms with Gasteiger partial charge in [-0.05, 0) is 48.4 Å². The average Bonchev–Trinajstić information content (AvgIpc) is 3.45.